The van der Waals surface area contributed by atoms with Gasteiger partial charge in [0.1, 0.15) is 5.75 Å². The summed E-state index contributed by atoms with van der Waals surface area (Å²) in [5, 5.41) is 3.49. The van der Waals surface area contributed by atoms with Gasteiger partial charge in [-0.05, 0) is 56.1 Å². The number of benzene rings is 1. The molecule has 0 spiro atoms. The summed E-state index contributed by atoms with van der Waals surface area (Å²) in [7, 11) is 0. The molecule has 0 amide bonds. The fraction of sp³-hybridized carbons (Fsp3) is 0.667. The van der Waals surface area contributed by atoms with E-state index in [1.807, 2.05) is 12.1 Å². The molecule has 0 radical (unpaired) electrons. The zero-order valence-corrected chi connectivity index (χ0v) is 14.2. The van der Waals surface area contributed by atoms with Crippen molar-refractivity contribution in [2.45, 2.75) is 40.5 Å². The van der Waals surface area contributed by atoms with Crippen molar-refractivity contribution in [3.05, 3.63) is 24.3 Å². The molecule has 3 heteroatoms. The molecule has 0 saturated heterocycles. The second-order valence-corrected chi connectivity index (χ2v) is 6.00. The molecule has 0 aliphatic heterocycles. The molecule has 0 aliphatic carbocycles. The second-order valence-electron chi connectivity index (χ2n) is 6.00. The Balaban J connectivity index is 2.31. The van der Waals surface area contributed by atoms with E-state index in [2.05, 4.69) is 50.0 Å². The van der Waals surface area contributed by atoms with Gasteiger partial charge in [-0.3, -0.25) is 0 Å². The summed E-state index contributed by atoms with van der Waals surface area (Å²) in [6.07, 6.45) is 2.45. The van der Waals surface area contributed by atoms with Crippen LogP contribution in [0, 0.1) is 5.92 Å². The maximum atomic E-state index is 5.69. The van der Waals surface area contributed by atoms with Crippen molar-refractivity contribution in [3.8, 4) is 5.75 Å². The number of hydrogen-bond donors (Lipinski definition) is 1. The molecule has 0 heterocycles. The minimum absolute atomic E-state index is 0.561. The Labute approximate surface area is 130 Å². The summed E-state index contributed by atoms with van der Waals surface area (Å²) in [6, 6.07) is 8.28. The topological polar surface area (TPSA) is 24.5 Å². The van der Waals surface area contributed by atoms with E-state index in [-0.39, 0.29) is 0 Å². The predicted molar refractivity (Wildman–Crippen MR) is 92.3 cm³/mol. The average molecular weight is 292 g/mol. The minimum atomic E-state index is 0.561. The first-order valence-electron chi connectivity index (χ1n) is 8.34. The molecule has 1 aromatic carbocycles. The van der Waals surface area contributed by atoms with Gasteiger partial charge >= 0.3 is 0 Å². The molecular weight excluding hydrogens is 260 g/mol. The molecule has 1 N–H and O–H groups in total. The lowest BCUT2D eigenvalue weighted by Crippen LogP contribution is -2.30. The van der Waals surface area contributed by atoms with E-state index >= 15 is 0 Å². The second kappa shape index (κ2) is 10.5. The van der Waals surface area contributed by atoms with Crippen molar-refractivity contribution in [2.24, 2.45) is 5.92 Å². The molecule has 120 valence electrons. The first-order valence-corrected chi connectivity index (χ1v) is 8.34. The summed E-state index contributed by atoms with van der Waals surface area (Å²) in [5.74, 6) is 1.51. The smallest absolute Gasteiger partial charge is 0.119 e. The molecule has 3 nitrogen and oxygen atoms in total. The molecular formula is C18H32N2O. The van der Waals surface area contributed by atoms with Crippen LogP contribution in [-0.4, -0.2) is 37.7 Å². The molecule has 1 aromatic rings. The predicted octanol–water partition coefficient (Wildman–Crippen LogP) is 4.26. The Kier molecular flexibility index (Phi) is 8.91. The molecule has 0 atom stereocenters. The highest BCUT2D eigenvalue weighted by molar-refractivity contribution is 5.46. The van der Waals surface area contributed by atoms with Gasteiger partial charge in [0.25, 0.3) is 0 Å². The fourth-order valence-electron chi connectivity index (χ4n) is 2.26. The Bertz CT molecular complexity index is 356. The van der Waals surface area contributed by atoms with Gasteiger partial charge < -0.3 is 15.0 Å². The third-order valence-corrected chi connectivity index (χ3v) is 3.27. The average Bonchev–Trinajstić information content (AvgIpc) is 2.47. The number of anilines is 1. The molecule has 0 fully saturated rings. The van der Waals surface area contributed by atoms with Gasteiger partial charge in [0.15, 0.2) is 0 Å². The van der Waals surface area contributed by atoms with Crippen LogP contribution in [0.4, 0.5) is 5.69 Å². The number of rotatable bonds is 11. The van der Waals surface area contributed by atoms with E-state index in [1.54, 1.807) is 0 Å². The number of ether oxygens (including phenoxy) is 1. The lowest BCUT2D eigenvalue weighted by Gasteiger charge is -2.21. The standard InChI is InChI=1S/C18H32N2O/c1-5-12-20(13-6-2)14-11-19-17-7-9-18(10-8-17)21-15-16(3)4/h7-10,16,19H,5-6,11-15H2,1-4H3. The molecule has 0 aromatic heterocycles. The van der Waals surface area contributed by atoms with E-state index in [0.29, 0.717) is 5.92 Å². The zero-order valence-electron chi connectivity index (χ0n) is 14.2. The van der Waals surface area contributed by atoms with Gasteiger partial charge in [0.05, 0.1) is 6.61 Å². The number of nitrogens with one attached hydrogen (secondary N) is 1. The summed E-state index contributed by atoms with van der Waals surface area (Å²) >= 11 is 0. The summed E-state index contributed by atoms with van der Waals surface area (Å²) in [4.78, 5) is 2.52. The highest BCUT2D eigenvalue weighted by atomic mass is 16.5. The first kappa shape index (κ1) is 17.8. The van der Waals surface area contributed by atoms with Crippen molar-refractivity contribution in [3.63, 3.8) is 0 Å². The van der Waals surface area contributed by atoms with Crippen LogP contribution in [0.1, 0.15) is 40.5 Å². The fourth-order valence-corrected chi connectivity index (χ4v) is 2.26. The maximum absolute atomic E-state index is 5.69. The third kappa shape index (κ3) is 7.96. The van der Waals surface area contributed by atoms with Crippen molar-refractivity contribution < 1.29 is 4.74 Å². The van der Waals surface area contributed by atoms with E-state index < -0.39 is 0 Å². The Hall–Kier alpha value is -1.22. The molecule has 0 bridgehead atoms. The van der Waals surface area contributed by atoms with Gasteiger partial charge in [0, 0.05) is 18.8 Å². The Morgan fingerprint density at radius 2 is 1.62 bits per heavy atom. The van der Waals surface area contributed by atoms with Crippen molar-refractivity contribution >= 4 is 5.69 Å². The van der Waals surface area contributed by atoms with E-state index in [4.69, 9.17) is 4.74 Å². The van der Waals surface area contributed by atoms with Crippen LogP contribution < -0.4 is 10.1 Å². The van der Waals surface area contributed by atoms with Crippen LogP contribution in [0.5, 0.6) is 5.75 Å². The molecule has 21 heavy (non-hydrogen) atoms. The van der Waals surface area contributed by atoms with E-state index in [0.717, 1.165) is 25.4 Å². The van der Waals surface area contributed by atoms with Crippen LogP contribution in [-0.2, 0) is 0 Å². The quantitative estimate of drug-likeness (QED) is 0.659. The maximum Gasteiger partial charge on any atom is 0.119 e. The van der Waals surface area contributed by atoms with Crippen molar-refractivity contribution in [2.75, 3.05) is 38.1 Å². The first-order chi connectivity index (χ1) is 10.2. The molecule has 1 rings (SSSR count). The van der Waals surface area contributed by atoms with Gasteiger partial charge in [0.2, 0.25) is 0 Å². The van der Waals surface area contributed by atoms with E-state index in [9.17, 15) is 0 Å². The van der Waals surface area contributed by atoms with Crippen molar-refractivity contribution in [1.82, 2.24) is 4.90 Å². The highest BCUT2D eigenvalue weighted by Crippen LogP contribution is 2.16. The van der Waals surface area contributed by atoms with Crippen molar-refractivity contribution in [1.29, 1.82) is 0 Å². The van der Waals surface area contributed by atoms with Gasteiger partial charge in [-0.2, -0.15) is 0 Å². The van der Waals surface area contributed by atoms with Crippen LogP contribution in [0.15, 0.2) is 24.3 Å². The SMILES string of the molecule is CCCN(CCC)CCNc1ccc(OCC(C)C)cc1. The number of hydrogen-bond acceptors (Lipinski definition) is 3. The lowest BCUT2D eigenvalue weighted by atomic mass is 10.2. The molecule has 0 saturated carbocycles. The van der Waals surface area contributed by atoms with Gasteiger partial charge in [-0.1, -0.05) is 27.7 Å². The Morgan fingerprint density at radius 1 is 1.00 bits per heavy atom. The third-order valence-electron chi connectivity index (χ3n) is 3.27. The minimum Gasteiger partial charge on any atom is -0.493 e. The highest BCUT2D eigenvalue weighted by Gasteiger charge is 2.02. The Morgan fingerprint density at radius 3 is 2.14 bits per heavy atom. The van der Waals surface area contributed by atoms with Crippen LogP contribution in [0.3, 0.4) is 0 Å². The number of nitrogens with zero attached hydrogens (tertiary/aromatic N) is 1. The summed E-state index contributed by atoms with van der Waals surface area (Å²) in [6.45, 7) is 14.1. The molecule has 0 unspecified atom stereocenters. The van der Waals surface area contributed by atoms with E-state index in [1.165, 1.54) is 31.6 Å². The van der Waals surface area contributed by atoms with Crippen LogP contribution in [0.25, 0.3) is 0 Å². The summed E-state index contributed by atoms with van der Waals surface area (Å²) < 4.78 is 5.69. The van der Waals surface area contributed by atoms with Gasteiger partial charge in [-0.15, -0.1) is 0 Å². The normalized spacial score (nSPS) is 11.1. The molecule has 0 aliphatic rings. The largest absolute Gasteiger partial charge is 0.493 e. The van der Waals surface area contributed by atoms with Crippen LogP contribution >= 0.6 is 0 Å². The zero-order chi connectivity index (χ0) is 15.5. The van der Waals surface area contributed by atoms with Crippen LogP contribution in [0.2, 0.25) is 0 Å². The van der Waals surface area contributed by atoms with Gasteiger partial charge in [-0.25, -0.2) is 0 Å². The summed E-state index contributed by atoms with van der Waals surface area (Å²) in [5.41, 5.74) is 1.17. The lowest BCUT2D eigenvalue weighted by molar-refractivity contribution is 0.271. The monoisotopic (exact) mass is 292 g/mol.